The highest BCUT2D eigenvalue weighted by Gasteiger charge is 2.08. The summed E-state index contributed by atoms with van der Waals surface area (Å²) in [6.45, 7) is 1.97. The van der Waals surface area contributed by atoms with Gasteiger partial charge < -0.3 is 5.32 Å². The first-order chi connectivity index (χ1) is 9.10. The maximum atomic E-state index is 12.0. The first-order valence-corrected chi connectivity index (χ1v) is 6.32. The molecular formula is C14H10BrN3O. The van der Waals surface area contributed by atoms with Crippen LogP contribution in [0.15, 0.2) is 41.1 Å². The van der Waals surface area contributed by atoms with Gasteiger partial charge in [0.15, 0.2) is 0 Å². The third-order valence-electron chi connectivity index (χ3n) is 2.56. The van der Waals surface area contributed by atoms with Gasteiger partial charge in [-0.05, 0) is 30.7 Å². The van der Waals surface area contributed by atoms with Crippen LogP contribution < -0.4 is 5.32 Å². The van der Waals surface area contributed by atoms with Crippen molar-refractivity contribution in [3.05, 3.63) is 57.8 Å². The van der Waals surface area contributed by atoms with Crippen molar-refractivity contribution < 1.29 is 4.79 Å². The summed E-state index contributed by atoms with van der Waals surface area (Å²) in [5.41, 5.74) is 2.49. The number of hydrogen-bond acceptors (Lipinski definition) is 3. The molecule has 0 spiro atoms. The molecule has 4 nitrogen and oxygen atoms in total. The number of nitrogens with one attached hydrogen (secondary N) is 1. The monoisotopic (exact) mass is 315 g/mol. The Kier molecular flexibility index (Phi) is 3.93. The highest BCUT2D eigenvalue weighted by molar-refractivity contribution is 9.10. The van der Waals surface area contributed by atoms with E-state index in [0.717, 1.165) is 10.0 Å². The molecule has 0 aliphatic rings. The number of carbonyl (C=O) groups excluding carboxylic acids is 1. The largest absolute Gasteiger partial charge is 0.322 e. The molecule has 0 aliphatic heterocycles. The Morgan fingerprint density at radius 3 is 2.84 bits per heavy atom. The molecule has 1 N–H and O–H groups in total. The van der Waals surface area contributed by atoms with Crippen molar-refractivity contribution in [2.75, 3.05) is 5.32 Å². The van der Waals surface area contributed by atoms with Crippen LogP contribution in [0.4, 0.5) is 5.69 Å². The predicted molar refractivity (Wildman–Crippen MR) is 75.8 cm³/mol. The second-order valence-corrected chi connectivity index (χ2v) is 4.85. The van der Waals surface area contributed by atoms with Crippen LogP contribution in [-0.2, 0) is 0 Å². The van der Waals surface area contributed by atoms with Crippen LogP contribution in [0.2, 0.25) is 0 Å². The molecule has 0 unspecified atom stereocenters. The van der Waals surface area contributed by atoms with E-state index in [1.165, 1.54) is 18.5 Å². The van der Waals surface area contributed by atoms with Gasteiger partial charge in [-0.2, -0.15) is 5.26 Å². The van der Waals surface area contributed by atoms with Crippen LogP contribution in [0.1, 0.15) is 21.5 Å². The van der Waals surface area contributed by atoms with Gasteiger partial charge in [-0.3, -0.25) is 9.78 Å². The highest BCUT2D eigenvalue weighted by atomic mass is 79.9. The number of pyridine rings is 1. The van der Waals surface area contributed by atoms with Gasteiger partial charge in [0.1, 0.15) is 6.07 Å². The van der Waals surface area contributed by atoms with Crippen molar-refractivity contribution in [2.24, 2.45) is 0 Å². The number of benzene rings is 1. The second kappa shape index (κ2) is 5.63. The van der Waals surface area contributed by atoms with Gasteiger partial charge in [0.2, 0.25) is 0 Å². The standard InChI is InChI=1S/C14H10BrN3O/c1-9-2-3-12(5-13(9)15)18-14(19)11-4-10(6-16)7-17-8-11/h2-5,7-8H,1H3,(H,18,19). The second-order valence-electron chi connectivity index (χ2n) is 3.99. The average Bonchev–Trinajstić information content (AvgIpc) is 2.43. The van der Waals surface area contributed by atoms with E-state index in [1.807, 2.05) is 31.2 Å². The number of rotatable bonds is 2. The zero-order valence-electron chi connectivity index (χ0n) is 10.1. The molecule has 0 atom stereocenters. The molecule has 1 aromatic carbocycles. The quantitative estimate of drug-likeness (QED) is 0.924. The van der Waals surface area contributed by atoms with Gasteiger partial charge in [0, 0.05) is 22.6 Å². The van der Waals surface area contributed by atoms with E-state index in [2.05, 4.69) is 26.2 Å². The lowest BCUT2D eigenvalue weighted by Crippen LogP contribution is -2.12. The summed E-state index contributed by atoms with van der Waals surface area (Å²) < 4.78 is 0.925. The fraction of sp³-hybridized carbons (Fsp3) is 0.0714. The zero-order valence-corrected chi connectivity index (χ0v) is 11.7. The molecule has 2 rings (SSSR count). The van der Waals surface area contributed by atoms with Gasteiger partial charge in [-0.1, -0.05) is 22.0 Å². The van der Waals surface area contributed by atoms with Crippen LogP contribution in [0.5, 0.6) is 0 Å². The van der Waals surface area contributed by atoms with Gasteiger partial charge in [0.05, 0.1) is 11.1 Å². The van der Waals surface area contributed by atoms with Crippen molar-refractivity contribution >= 4 is 27.5 Å². The highest BCUT2D eigenvalue weighted by Crippen LogP contribution is 2.21. The van der Waals surface area contributed by atoms with Crippen LogP contribution in [-0.4, -0.2) is 10.9 Å². The van der Waals surface area contributed by atoms with E-state index in [9.17, 15) is 4.79 Å². The lowest BCUT2D eigenvalue weighted by molar-refractivity contribution is 0.102. The van der Waals surface area contributed by atoms with Crippen molar-refractivity contribution in [1.82, 2.24) is 4.98 Å². The maximum absolute atomic E-state index is 12.0. The lowest BCUT2D eigenvalue weighted by atomic mass is 10.2. The molecule has 19 heavy (non-hydrogen) atoms. The lowest BCUT2D eigenvalue weighted by Gasteiger charge is -2.07. The van der Waals surface area contributed by atoms with E-state index < -0.39 is 0 Å². The summed E-state index contributed by atoms with van der Waals surface area (Å²) in [5.74, 6) is -0.291. The van der Waals surface area contributed by atoms with Gasteiger partial charge in [-0.25, -0.2) is 0 Å². The molecule has 2 aromatic rings. The van der Waals surface area contributed by atoms with Gasteiger partial charge in [-0.15, -0.1) is 0 Å². The van der Waals surface area contributed by atoms with Crippen LogP contribution in [0, 0.1) is 18.3 Å². The van der Waals surface area contributed by atoms with Crippen LogP contribution in [0.25, 0.3) is 0 Å². The molecule has 0 saturated carbocycles. The smallest absolute Gasteiger partial charge is 0.257 e. The Morgan fingerprint density at radius 1 is 1.37 bits per heavy atom. The summed E-state index contributed by atoms with van der Waals surface area (Å²) in [5, 5.41) is 11.5. The predicted octanol–water partition coefficient (Wildman–Crippen LogP) is 3.28. The van der Waals surface area contributed by atoms with Crippen LogP contribution in [0.3, 0.4) is 0 Å². The number of nitriles is 1. The summed E-state index contributed by atoms with van der Waals surface area (Å²) in [6.07, 6.45) is 2.85. The minimum atomic E-state index is -0.291. The van der Waals surface area contributed by atoms with Crippen molar-refractivity contribution in [3.8, 4) is 6.07 Å². The minimum Gasteiger partial charge on any atom is -0.322 e. The summed E-state index contributed by atoms with van der Waals surface area (Å²) in [6, 6.07) is 9.01. The van der Waals surface area contributed by atoms with E-state index in [4.69, 9.17) is 5.26 Å². The number of amides is 1. The van der Waals surface area contributed by atoms with E-state index in [1.54, 1.807) is 0 Å². The number of nitrogens with zero attached hydrogens (tertiary/aromatic N) is 2. The Bertz CT molecular complexity index is 677. The molecule has 1 amide bonds. The molecule has 0 fully saturated rings. The topological polar surface area (TPSA) is 65.8 Å². The van der Waals surface area contributed by atoms with E-state index >= 15 is 0 Å². The molecule has 1 aromatic heterocycles. The molecular weight excluding hydrogens is 306 g/mol. The number of anilines is 1. The molecule has 0 bridgehead atoms. The maximum Gasteiger partial charge on any atom is 0.257 e. The molecule has 5 heteroatoms. The molecule has 0 saturated heterocycles. The summed E-state index contributed by atoms with van der Waals surface area (Å²) >= 11 is 3.41. The Balaban J connectivity index is 2.21. The zero-order chi connectivity index (χ0) is 13.8. The fourth-order valence-electron chi connectivity index (χ4n) is 1.50. The third kappa shape index (κ3) is 3.18. The minimum absolute atomic E-state index is 0.291. The first kappa shape index (κ1) is 13.2. The Morgan fingerprint density at radius 2 is 2.16 bits per heavy atom. The first-order valence-electron chi connectivity index (χ1n) is 5.53. The van der Waals surface area contributed by atoms with Crippen molar-refractivity contribution in [1.29, 1.82) is 5.26 Å². The Hall–Kier alpha value is -2.19. The molecule has 1 heterocycles. The van der Waals surface area contributed by atoms with Gasteiger partial charge >= 0.3 is 0 Å². The Labute approximate surface area is 119 Å². The number of aryl methyl sites for hydroxylation is 1. The van der Waals surface area contributed by atoms with E-state index in [-0.39, 0.29) is 5.91 Å². The number of halogens is 1. The SMILES string of the molecule is Cc1ccc(NC(=O)c2cncc(C#N)c2)cc1Br. The number of aromatic nitrogens is 1. The van der Waals surface area contributed by atoms with Gasteiger partial charge in [0.25, 0.3) is 5.91 Å². The third-order valence-corrected chi connectivity index (χ3v) is 3.41. The van der Waals surface area contributed by atoms with Crippen LogP contribution >= 0.6 is 15.9 Å². The molecule has 0 radical (unpaired) electrons. The summed E-state index contributed by atoms with van der Waals surface area (Å²) in [7, 11) is 0. The molecule has 0 aliphatic carbocycles. The molecule has 94 valence electrons. The number of carbonyl (C=O) groups is 1. The average molecular weight is 316 g/mol. The van der Waals surface area contributed by atoms with Crippen molar-refractivity contribution in [3.63, 3.8) is 0 Å². The fourth-order valence-corrected chi connectivity index (χ4v) is 1.88. The summed E-state index contributed by atoms with van der Waals surface area (Å²) in [4.78, 5) is 15.9. The number of hydrogen-bond donors (Lipinski definition) is 1. The van der Waals surface area contributed by atoms with Crippen molar-refractivity contribution in [2.45, 2.75) is 6.92 Å². The normalized spacial score (nSPS) is 9.74. The van der Waals surface area contributed by atoms with E-state index in [0.29, 0.717) is 16.8 Å².